The number of aliphatic hydroxyl groups excluding tert-OH is 1. The smallest absolute Gasteiger partial charge is 0.0699 e. The fourth-order valence-electron chi connectivity index (χ4n) is 1.10. The van der Waals surface area contributed by atoms with Crippen LogP contribution in [0.5, 0.6) is 0 Å². The lowest BCUT2D eigenvalue weighted by Crippen LogP contribution is -1.98. The van der Waals surface area contributed by atoms with E-state index in [0.717, 1.165) is 17.0 Å². The number of aryl methyl sites for hydroxylation is 1. The second kappa shape index (κ2) is 3.68. The number of hydrogen-bond donors (Lipinski definition) is 1. The Labute approximate surface area is 73.3 Å². The van der Waals surface area contributed by atoms with Crippen LogP contribution in [0.4, 0.5) is 0 Å². The maximum Gasteiger partial charge on any atom is 0.0699 e. The van der Waals surface area contributed by atoms with Crippen LogP contribution in [0.3, 0.4) is 0 Å². The van der Waals surface area contributed by atoms with Crippen LogP contribution in [0.2, 0.25) is 0 Å². The molecule has 1 aromatic heterocycles. The maximum atomic E-state index is 8.91. The van der Waals surface area contributed by atoms with Crippen LogP contribution in [0, 0.1) is 6.92 Å². The lowest BCUT2D eigenvalue weighted by atomic mass is 10.1. The Morgan fingerprint density at radius 1 is 1.42 bits per heavy atom. The Hall–Kier alpha value is -0.890. The molecule has 0 amide bonds. The lowest BCUT2D eigenvalue weighted by Gasteiger charge is -2.07. The fourth-order valence-corrected chi connectivity index (χ4v) is 1.10. The summed E-state index contributed by atoms with van der Waals surface area (Å²) in [6, 6.07) is 3.92. The van der Waals surface area contributed by atoms with Gasteiger partial charge in [-0.15, -0.1) is 0 Å². The summed E-state index contributed by atoms with van der Waals surface area (Å²) in [5.41, 5.74) is 2.94. The van der Waals surface area contributed by atoms with Crippen LogP contribution < -0.4 is 0 Å². The lowest BCUT2D eigenvalue weighted by molar-refractivity contribution is 0.280. The molecule has 0 fully saturated rings. The van der Waals surface area contributed by atoms with E-state index < -0.39 is 0 Å². The fraction of sp³-hybridized carbons (Fsp3) is 0.500. The number of aliphatic hydroxyl groups is 1. The summed E-state index contributed by atoms with van der Waals surface area (Å²) in [6.45, 7) is 6.23. The molecule has 0 saturated carbocycles. The molecule has 0 spiro atoms. The molecular weight excluding hydrogens is 150 g/mol. The van der Waals surface area contributed by atoms with Gasteiger partial charge in [-0.05, 0) is 24.5 Å². The molecule has 0 aliphatic rings. The Morgan fingerprint density at radius 2 is 2.08 bits per heavy atom. The first-order valence-corrected chi connectivity index (χ1v) is 4.22. The maximum absolute atomic E-state index is 8.91. The molecule has 1 rings (SSSR count). The molecule has 66 valence electrons. The van der Waals surface area contributed by atoms with Gasteiger partial charge in [0.2, 0.25) is 0 Å². The van der Waals surface area contributed by atoms with E-state index in [0.29, 0.717) is 5.92 Å². The van der Waals surface area contributed by atoms with Gasteiger partial charge in [-0.1, -0.05) is 19.9 Å². The highest BCUT2D eigenvalue weighted by molar-refractivity contribution is 5.22. The van der Waals surface area contributed by atoms with Crippen molar-refractivity contribution in [3.8, 4) is 0 Å². The third-order valence-electron chi connectivity index (χ3n) is 1.98. The molecule has 2 heteroatoms. The van der Waals surface area contributed by atoms with Gasteiger partial charge >= 0.3 is 0 Å². The zero-order chi connectivity index (χ0) is 9.14. The molecule has 1 N–H and O–H groups in total. The normalized spacial score (nSPS) is 10.8. The van der Waals surface area contributed by atoms with E-state index >= 15 is 0 Å². The zero-order valence-corrected chi connectivity index (χ0v) is 7.83. The van der Waals surface area contributed by atoms with Gasteiger partial charge < -0.3 is 5.11 Å². The zero-order valence-electron chi connectivity index (χ0n) is 7.83. The monoisotopic (exact) mass is 165 g/mol. The minimum Gasteiger partial charge on any atom is -0.392 e. The van der Waals surface area contributed by atoms with E-state index in [-0.39, 0.29) is 6.61 Å². The third-order valence-corrected chi connectivity index (χ3v) is 1.98. The highest BCUT2D eigenvalue weighted by Gasteiger charge is 2.03. The van der Waals surface area contributed by atoms with E-state index in [1.165, 1.54) is 0 Å². The number of hydrogen-bond acceptors (Lipinski definition) is 2. The van der Waals surface area contributed by atoms with E-state index in [1.807, 2.05) is 19.1 Å². The average Bonchev–Trinajstić information content (AvgIpc) is 2.04. The van der Waals surface area contributed by atoms with Crippen LogP contribution in [-0.4, -0.2) is 10.1 Å². The molecule has 0 unspecified atom stereocenters. The van der Waals surface area contributed by atoms with Gasteiger partial charge in [-0.25, -0.2) is 0 Å². The molecule has 0 aliphatic heterocycles. The predicted octanol–water partition coefficient (Wildman–Crippen LogP) is 2.01. The first-order valence-electron chi connectivity index (χ1n) is 4.22. The van der Waals surface area contributed by atoms with Crippen LogP contribution >= 0.6 is 0 Å². The second-order valence-electron chi connectivity index (χ2n) is 3.29. The minimum atomic E-state index is 0.0806. The van der Waals surface area contributed by atoms with Gasteiger partial charge in [0.15, 0.2) is 0 Å². The van der Waals surface area contributed by atoms with Gasteiger partial charge in [-0.3, -0.25) is 4.98 Å². The summed E-state index contributed by atoms with van der Waals surface area (Å²) in [6.07, 6.45) is 0. The molecule has 1 aromatic rings. The van der Waals surface area contributed by atoms with Crippen molar-refractivity contribution in [2.75, 3.05) is 0 Å². The molecule has 12 heavy (non-hydrogen) atoms. The Bertz CT molecular complexity index is 269. The van der Waals surface area contributed by atoms with Gasteiger partial charge in [0.1, 0.15) is 0 Å². The van der Waals surface area contributed by atoms with Crippen molar-refractivity contribution < 1.29 is 5.11 Å². The van der Waals surface area contributed by atoms with Crippen molar-refractivity contribution in [3.05, 3.63) is 29.1 Å². The molecule has 0 atom stereocenters. The summed E-state index contributed by atoms with van der Waals surface area (Å²) in [5, 5.41) is 8.91. The van der Waals surface area contributed by atoms with Gasteiger partial charge in [0.05, 0.1) is 6.61 Å². The Balaban J connectivity index is 3.02. The molecule has 2 nitrogen and oxygen atoms in total. The van der Waals surface area contributed by atoms with E-state index in [9.17, 15) is 0 Å². The Kier molecular flexibility index (Phi) is 2.82. The standard InChI is InChI=1S/C10H15NO/c1-7(2)10-5-4-9(6-12)8(3)11-10/h4-5,7,12H,6H2,1-3H3. The largest absolute Gasteiger partial charge is 0.392 e. The molecule has 0 aromatic carbocycles. The highest BCUT2D eigenvalue weighted by Crippen LogP contribution is 2.14. The molecule has 0 bridgehead atoms. The summed E-state index contributed by atoms with van der Waals surface area (Å²) in [5.74, 6) is 0.455. The highest BCUT2D eigenvalue weighted by atomic mass is 16.3. The van der Waals surface area contributed by atoms with Gasteiger partial charge in [-0.2, -0.15) is 0 Å². The first-order chi connectivity index (χ1) is 5.65. The molecule has 1 heterocycles. The summed E-state index contributed by atoms with van der Waals surface area (Å²) in [7, 11) is 0. The Morgan fingerprint density at radius 3 is 2.50 bits per heavy atom. The minimum absolute atomic E-state index is 0.0806. The third kappa shape index (κ3) is 1.83. The van der Waals surface area contributed by atoms with Crippen molar-refractivity contribution in [2.45, 2.75) is 33.3 Å². The molecular formula is C10H15NO. The van der Waals surface area contributed by atoms with Crippen LogP contribution in [-0.2, 0) is 6.61 Å². The summed E-state index contributed by atoms with van der Waals surface area (Å²) >= 11 is 0. The van der Waals surface area contributed by atoms with E-state index in [2.05, 4.69) is 18.8 Å². The molecule has 0 saturated heterocycles. The van der Waals surface area contributed by atoms with Crippen molar-refractivity contribution in [2.24, 2.45) is 0 Å². The van der Waals surface area contributed by atoms with Crippen molar-refractivity contribution in [3.63, 3.8) is 0 Å². The van der Waals surface area contributed by atoms with Gasteiger partial charge in [0.25, 0.3) is 0 Å². The topological polar surface area (TPSA) is 33.1 Å². The van der Waals surface area contributed by atoms with E-state index in [4.69, 9.17) is 5.11 Å². The summed E-state index contributed by atoms with van der Waals surface area (Å²) in [4.78, 5) is 4.38. The SMILES string of the molecule is Cc1nc(C(C)C)ccc1CO. The van der Waals surface area contributed by atoms with Crippen LogP contribution in [0.1, 0.15) is 36.7 Å². The molecule has 0 aliphatic carbocycles. The summed E-state index contributed by atoms with van der Waals surface area (Å²) < 4.78 is 0. The number of rotatable bonds is 2. The second-order valence-corrected chi connectivity index (χ2v) is 3.29. The molecule has 0 radical (unpaired) electrons. The van der Waals surface area contributed by atoms with Crippen LogP contribution in [0.25, 0.3) is 0 Å². The van der Waals surface area contributed by atoms with Crippen molar-refractivity contribution in [1.29, 1.82) is 0 Å². The number of pyridine rings is 1. The van der Waals surface area contributed by atoms with Crippen molar-refractivity contribution >= 4 is 0 Å². The average molecular weight is 165 g/mol. The first kappa shape index (κ1) is 9.20. The van der Waals surface area contributed by atoms with Gasteiger partial charge in [0, 0.05) is 11.4 Å². The quantitative estimate of drug-likeness (QED) is 0.727. The predicted molar refractivity (Wildman–Crippen MR) is 49.0 cm³/mol. The number of nitrogens with zero attached hydrogens (tertiary/aromatic N) is 1. The van der Waals surface area contributed by atoms with Crippen LogP contribution in [0.15, 0.2) is 12.1 Å². The van der Waals surface area contributed by atoms with E-state index in [1.54, 1.807) is 0 Å². The number of aromatic nitrogens is 1. The van der Waals surface area contributed by atoms with Crippen molar-refractivity contribution in [1.82, 2.24) is 4.98 Å².